The molecule has 0 aliphatic heterocycles. The molecule has 0 saturated heterocycles. The molecule has 0 aliphatic rings. The van der Waals surface area contributed by atoms with Crippen LogP contribution < -0.4 is 0 Å². The van der Waals surface area contributed by atoms with E-state index in [2.05, 4.69) is 158 Å². The maximum absolute atomic E-state index is 5.66. The first-order valence-electron chi connectivity index (χ1n) is 17.0. The predicted molar refractivity (Wildman–Crippen MR) is 206 cm³/mol. The summed E-state index contributed by atoms with van der Waals surface area (Å²) in [6, 6.07) is 48.8. The fourth-order valence-corrected chi connectivity index (χ4v) is 6.65. The molecular weight excluding hydrogens is 609 g/mol. The Morgan fingerprint density at radius 2 is 0.840 bits per heavy atom. The SMILES string of the molecule is CC(C)(C)c1cc(-c2ccccc2)c2nc(-c3ccc(-c4cccnc4)cc3)c(-c3ccc(-c4cccnc4)cc3)nc2c1-c1ccccc1. The molecule has 8 rings (SSSR count). The van der Waals surface area contributed by atoms with Gasteiger partial charge in [0.05, 0.1) is 22.4 Å². The molecule has 240 valence electrons. The maximum Gasteiger partial charge on any atom is 0.0982 e. The summed E-state index contributed by atoms with van der Waals surface area (Å²) in [7, 11) is 0. The van der Waals surface area contributed by atoms with E-state index in [0.717, 1.165) is 78.1 Å². The van der Waals surface area contributed by atoms with Crippen LogP contribution in [0.1, 0.15) is 26.3 Å². The number of pyridine rings is 2. The highest BCUT2D eigenvalue weighted by atomic mass is 14.8. The average molecular weight is 645 g/mol. The molecule has 0 saturated carbocycles. The zero-order chi connectivity index (χ0) is 34.1. The lowest BCUT2D eigenvalue weighted by Crippen LogP contribution is -2.14. The first kappa shape index (κ1) is 31.0. The second-order valence-corrected chi connectivity index (χ2v) is 13.6. The van der Waals surface area contributed by atoms with Gasteiger partial charge in [0.15, 0.2) is 0 Å². The molecule has 4 nitrogen and oxygen atoms in total. The van der Waals surface area contributed by atoms with Crippen LogP contribution >= 0.6 is 0 Å². The largest absolute Gasteiger partial charge is 0.264 e. The van der Waals surface area contributed by atoms with Crippen molar-refractivity contribution < 1.29 is 0 Å². The second kappa shape index (κ2) is 13.0. The van der Waals surface area contributed by atoms with Crippen LogP contribution in [0.4, 0.5) is 0 Å². The molecule has 3 aromatic heterocycles. The van der Waals surface area contributed by atoms with Crippen molar-refractivity contribution in [3.63, 3.8) is 0 Å². The lowest BCUT2D eigenvalue weighted by molar-refractivity contribution is 0.593. The molecule has 0 amide bonds. The van der Waals surface area contributed by atoms with E-state index in [0.29, 0.717) is 0 Å². The molecule has 0 radical (unpaired) electrons. The lowest BCUT2D eigenvalue weighted by atomic mass is 9.79. The quantitative estimate of drug-likeness (QED) is 0.181. The number of hydrogen-bond acceptors (Lipinski definition) is 4. The standard InChI is InChI=1S/C46H36N4/c1-46(2,3)40-28-39(33-12-6-4-7-13-33)44-45(41(40)34-14-8-5-9-15-34)50-43(36-24-20-32(21-25-36)38-17-11-27-48-30-38)42(49-44)35-22-18-31(19-23-35)37-16-10-26-47-29-37/h4-30H,1-3H3. The predicted octanol–water partition coefficient (Wildman–Crippen LogP) is 11.7. The van der Waals surface area contributed by atoms with Gasteiger partial charge in [-0.2, -0.15) is 0 Å². The van der Waals surface area contributed by atoms with Gasteiger partial charge in [0, 0.05) is 47.0 Å². The minimum absolute atomic E-state index is 0.156. The molecule has 0 unspecified atom stereocenters. The molecule has 0 spiro atoms. The lowest BCUT2D eigenvalue weighted by Gasteiger charge is -2.26. The highest BCUT2D eigenvalue weighted by Crippen LogP contribution is 2.44. The Bertz CT molecular complexity index is 2400. The summed E-state index contributed by atoms with van der Waals surface area (Å²) < 4.78 is 0. The van der Waals surface area contributed by atoms with E-state index in [9.17, 15) is 0 Å². The Kier molecular flexibility index (Phi) is 8.06. The zero-order valence-electron chi connectivity index (χ0n) is 28.4. The highest BCUT2D eigenvalue weighted by Gasteiger charge is 2.26. The van der Waals surface area contributed by atoms with E-state index in [4.69, 9.17) is 9.97 Å². The smallest absolute Gasteiger partial charge is 0.0982 e. The van der Waals surface area contributed by atoms with Gasteiger partial charge in [-0.05, 0) is 62.6 Å². The molecule has 4 heteroatoms. The Morgan fingerprint density at radius 3 is 1.30 bits per heavy atom. The van der Waals surface area contributed by atoms with E-state index in [1.54, 1.807) is 12.4 Å². The molecule has 5 aromatic carbocycles. The highest BCUT2D eigenvalue weighted by molar-refractivity contribution is 6.04. The van der Waals surface area contributed by atoms with Gasteiger partial charge >= 0.3 is 0 Å². The third-order valence-electron chi connectivity index (χ3n) is 9.21. The van der Waals surface area contributed by atoms with Crippen LogP contribution in [-0.2, 0) is 5.41 Å². The zero-order valence-corrected chi connectivity index (χ0v) is 28.4. The molecule has 0 fully saturated rings. The number of aromatic nitrogens is 4. The summed E-state index contributed by atoms with van der Waals surface area (Å²) in [6.45, 7) is 6.83. The molecule has 0 aliphatic carbocycles. The van der Waals surface area contributed by atoms with Crippen molar-refractivity contribution in [2.24, 2.45) is 0 Å². The number of benzene rings is 5. The van der Waals surface area contributed by atoms with Gasteiger partial charge in [-0.1, -0.05) is 142 Å². The van der Waals surface area contributed by atoms with E-state index in [1.807, 2.05) is 24.5 Å². The number of nitrogens with zero attached hydrogens (tertiary/aromatic N) is 4. The normalized spacial score (nSPS) is 11.5. The molecule has 3 heterocycles. The van der Waals surface area contributed by atoms with Crippen LogP contribution in [0.3, 0.4) is 0 Å². The molecule has 0 bridgehead atoms. The Balaban J connectivity index is 1.44. The number of fused-ring (bicyclic) bond motifs is 1. The Labute approximate surface area is 293 Å². The average Bonchev–Trinajstić information content (AvgIpc) is 3.18. The Morgan fingerprint density at radius 1 is 0.400 bits per heavy atom. The molecule has 0 atom stereocenters. The van der Waals surface area contributed by atoms with Gasteiger partial charge in [-0.25, -0.2) is 9.97 Å². The minimum Gasteiger partial charge on any atom is -0.264 e. The third kappa shape index (κ3) is 5.97. The molecule has 50 heavy (non-hydrogen) atoms. The summed E-state index contributed by atoms with van der Waals surface area (Å²) in [5.41, 5.74) is 15.3. The second-order valence-electron chi connectivity index (χ2n) is 13.6. The van der Waals surface area contributed by atoms with Crippen molar-refractivity contribution in [1.29, 1.82) is 0 Å². The van der Waals surface area contributed by atoms with Crippen LogP contribution in [0.2, 0.25) is 0 Å². The summed E-state index contributed by atoms with van der Waals surface area (Å²) in [6.07, 6.45) is 7.39. The van der Waals surface area contributed by atoms with Crippen LogP contribution in [-0.4, -0.2) is 19.9 Å². The van der Waals surface area contributed by atoms with Crippen molar-refractivity contribution in [3.05, 3.63) is 170 Å². The van der Waals surface area contributed by atoms with Gasteiger partial charge in [-0.3, -0.25) is 9.97 Å². The summed E-state index contributed by atoms with van der Waals surface area (Å²) in [5, 5.41) is 0. The first-order chi connectivity index (χ1) is 24.4. The topological polar surface area (TPSA) is 51.6 Å². The molecular formula is C46H36N4. The van der Waals surface area contributed by atoms with Gasteiger partial charge in [-0.15, -0.1) is 0 Å². The van der Waals surface area contributed by atoms with Crippen molar-refractivity contribution in [1.82, 2.24) is 19.9 Å². The van der Waals surface area contributed by atoms with Crippen LogP contribution in [0.25, 0.3) is 78.1 Å². The number of hydrogen-bond donors (Lipinski definition) is 0. The Hall–Kier alpha value is -6.26. The fraction of sp³-hybridized carbons (Fsp3) is 0.0870. The van der Waals surface area contributed by atoms with Crippen molar-refractivity contribution >= 4 is 11.0 Å². The van der Waals surface area contributed by atoms with Gasteiger partial charge in [0.2, 0.25) is 0 Å². The van der Waals surface area contributed by atoms with Gasteiger partial charge in [0.1, 0.15) is 0 Å². The summed E-state index contributed by atoms with van der Waals surface area (Å²) in [5.74, 6) is 0. The number of rotatable bonds is 6. The van der Waals surface area contributed by atoms with Crippen molar-refractivity contribution in [2.45, 2.75) is 26.2 Å². The van der Waals surface area contributed by atoms with Crippen LogP contribution in [0.15, 0.2) is 164 Å². The van der Waals surface area contributed by atoms with E-state index in [-0.39, 0.29) is 5.41 Å². The van der Waals surface area contributed by atoms with Crippen molar-refractivity contribution in [3.8, 4) is 67.0 Å². The van der Waals surface area contributed by atoms with Crippen LogP contribution in [0, 0.1) is 0 Å². The van der Waals surface area contributed by atoms with E-state index < -0.39 is 0 Å². The van der Waals surface area contributed by atoms with Gasteiger partial charge in [0.25, 0.3) is 0 Å². The van der Waals surface area contributed by atoms with E-state index >= 15 is 0 Å². The third-order valence-corrected chi connectivity index (χ3v) is 9.21. The fourth-order valence-electron chi connectivity index (χ4n) is 6.65. The first-order valence-corrected chi connectivity index (χ1v) is 17.0. The van der Waals surface area contributed by atoms with Crippen molar-refractivity contribution in [2.75, 3.05) is 0 Å². The van der Waals surface area contributed by atoms with Crippen LogP contribution in [0.5, 0.6) is 0 Å². The summed E-state index contributed by atoms with van der Waals surface area (Å²) in [4.78, 5) is 19.9. The molecule has 8 aromatic rings. The minimum atomic E-state index is -0.156. The van der Waals surface area contributed by atoms with Gasteiger partial charge < -0.3 is 0 Å². The van der Waals surface area contributed by atoms with E-state index in [1.165, 1.54) is 5.56 Å². The molecule has 0 N–H and O–H groups in total. The summed E-state index contributed by atoms with van der Waals surface area (Å²) >= 11 is 0. The maximum atomic E-state index is 5.66. The monoisotopic (exact) mass is 644 g/mol.